The topological polar surface area (TPSA) is 112 Å². The number of para-hydroxylation sites is 2. The number of nitrogens with zero attached hydrogens (tertiary/aromatic N) is 3. The number of aromatic nitrogens is 1. The number of hydrogen-bond acceptors (Lipinski definition) is 6. The van der Waals surface area contributed by atoms with Crippen molar-refractivity contribution in [3.05, 3.63) is 167 Å². The van der Waals surface area contributed by atoms with E-state index >= 15 is 0 Å². The minimum absolute atomic E-state index is 0.167. The molecule has 6 aromatic rings. The Balaban J connectivity index is 1.19. The predicted molar refractivity (Wildman–Crippen MR) is 200 cm³/mol. The minimum atomic E-state index is -1.03. The summed E-state index contributed by atoms with van der Waals surface area (Å²) in [4.78, 5) is 51.0. The highest BCUT2D eigenvalue weighted by Crippen LogP contribution is 2.38. The van der Waals surface area contributed by atoms with Crippen LogP contribution in [0.25, 0.3) is 28.2 Å². The van der Waals surface area contributed by atoms with Crippen molar-refractivity contribution in [3.63, 3.8) is 0 Å². The van der Waals surface area contributed by atoms with Crippen molar-refractivity contribution in [3.8, 4) is 11.3 Å². The summed E-state index contributed by atoms with van der Waals surface area (Å²) < 4.78 is 0. The van der Waals surface area contributed by atoms with Crippen LogP contribution in [0.1, 0.15) is 32.3 Å². The third-order valence-electron chi connectivity index (χ3n) is 8.28. The zero-order chi connectivity index (χ0) is 34.6. The molecule has 1 aliphatic heterocycles. The molecule has 50 heavy (non-hydrogen) atoms. The summed E-state index contributed by atoms with van der Waals surface area (Å²) in [6.45, 7) is 1.98. The highest BCUT2D eigenvalue weighted by Gasteiger charge is 2.36. The first-order valence-corrected chi connectivity index (χ1v) is 16.8. The first-order valence-electron chi connectivity index (χ1n) is 15.9. The number of carboxylic acid groups (broad SMARTS) is 1. The van der Waals surface area contributed by atoms with Crippen LogP contribution in [0.2, 0.25) is 0 Å². The van der Waals surface area contributed by atoms with E-state index in [2.05, 4.69) is 10.3 Å². The van der Waals surface area contributed by atoms with Gasteiger partial charge in [0.2, 0.25) is 5.91 Å². The van der Waals surface area contributed by atoms with Crippen LogP contribution in [0, 0.1) is 6.92 Å². The number of hydrogen-bond donors (Lipinski definition) is 2. The lowest BCUT2D eigenvalue weighted by Crippen LogP contribution is -2.32. The molecule has 244 valence electrons. The number of amidine groups is 1. The van der Waals surface area contributed by atoms with E-state index in [1.54, 1.807) is 59.5 Å². The normalized spacial score (nSPS) is 14.1. The average molecular weight is 675 g/mol. The van der Waals surface area contributed by atoms with Gasteiger partial charge in [0.05, 0.1) is 22.5 Å². The van der Waals surface area contributed by atoms with E-state index in [9.17, 15) is 19.5 Å². The molecule has 0 spiro atoms. The van der Waals surface area contributed by atoms with Gasteiger partial charge in [-0.2, -0.15) is 0 Å². The Morgan fingerprint density at radius 1 is 0.820 bits per heavy atom. The SMILES string of the molecule is Cc1ccccc1/C=C1\N=C(SC(C(=O)Nc2ccc(-c3cc(C(=O)O)c4ccccc4n3)cc2)c2ccccc2)N(c2ccccc2)C1=O. The van der Waals surface area contributed by atoms with Crippen molar-refractivity contribution in [1.82, 2.24) is 4.98 Å². The second kappa shape index (κ2) is 14.0. The summed E-state index contributed by atoms with van der Waals surface area (Å²) in [6, 6.07) is 42.2. The number of amides is 2. The Kier molecular flexibility index (Phi) is 9.05. The van der Waals surface area contributed by atoms with Crippen LogP contribution in [-0.4, -0.2) is 33.0 Å². The van der Waals surface area contributed by atoms with Gasteiger partial charge >= 0.3 is 5.97 Å². The Bertz CT molecular complexity index is 2310. The fourth-order valence-electron chi connectivity index (χ4n) is 5.71. The number of aromatic carboxylic acids is 1. The highest BCUT2D eigenvalue weighted by atomic mass is 32.2. The monoisotopic (exact) mass is 674 g/mol. The number of pyridine rings is 1. The van der Waals surface area contributed by atoms with Gasteiger partial charge in [-0.05, 0) is 66.1 Å². The molecule has 0 saturated heterocycles. The van der Waals surface area contributed by atoms with Crippen LogP contribution in [0.5, 0.6) is 0 Å². The van der Waals surface area contributed by atoms with E-state index in [1.807, 2.05) is 97.9 Å². The molecule has 9 heteroatoms. The molecule has 0 bridgehead atoms. The number of thioether (sulfide) groups is 1. The fraction of sp³-hybridized carbons (Fsp3) is 0.0488. The summed E-state index contributed by atoms with van der Waals surface area (Å²) in [5, 5.41) is 13.0. The molecule has 1 aliphatic rings. The Morgan fingerprint density at radius 3 is 2.20 bits per heavy atom. The van der Waals surface area contributed by atoms with Gasteiger partial charge in [-0.25, -0.2) is 14.8 Å². The lowest BCUT2D eigenvalue weighted by Gasteiger charge is -2.22. The number of benzene rings is 5. The maximum absolute atomic E-state index is 14.1. The quantitative estimate of drug-likeness (QED) is 0.156. The number of aryl methyl sites for hydroxylation is 1. The first-order chi connectivity index (χ1) is 24.4. The number of carboxylic acids is 1. The van der Waals surface area contributed by atoms with Crippen LogP contribution >= 0.6 is 11.8 Å². The van der Waals surface area contributed by atoms with Crippen molar-refractivity contribution in [2.45, 2.75) is 12.2 Å². The second-order valence-electron chi connectivity index (χ2n) is 11.6. The molecule has 7 rings (SSSR count). The molecule has 0 fully saturated rings. The van der Waals surface area contributed by atoms with Crippen molar-refractivity contribution >= 4 is 63.1 Å². The van der Waals surface area contributed by atoms with Crippen LogP contribution in [0.4, 0.5) is 11.4 Å². The summed E-state index contributed by atoms with van der Waals surface area (Å²) in [5.41, 5.74) is 6.08. The zero-order valence-corrected chi connectivity index (χ0v) is 27.7. The van der Waals surface area contributed by atoms with Gasteiger partial charge in [0.15, 0.2) is 5.17 Å². The van der Waals surface area contributed by atoms with E-state index in [0.717, 1.165) is 16.7 Å². The van der Waals surface area contributed by atoms with E-state index in [1.165, 1.54) is 11.8 Å². The molecule has 1 atom stereocenters. The Morgan fingerprint density at radius 2 is 1.48 bits per heavy atom. The minimum Gasteiger partial charge on any atom is -0.478 e. The zero-order valence-electron chi connectivity index (χ0n) is 26.9. The molecule has 2 N–H and O–H groups in total. The van der Waals surface area contributed by atoms with E-state index in [-0.39, 0.29) is 23.1 Å². The second-order valence-corrected chi connectivity index (χ2v) is 12.7. The van der Waals surface area contributed by atoms with Gasteiger partial charge in [-0.3, -0.25) is 14.5 Å². The number of nitrogens with one attached hydrogen (secondary N) is 1. The number of anilines is 2. The fourth-order valence-corrected chi connectivity index (χ4v) is 6.83. The Hall–Kier alpha value is -6.32. The molecule has 8 nitrogen and oxygen atoms in total. The first kappa shape index (κ1) is 32.2. The molecule has 0 aliphatic carbocycles. The summed E-state index contributed by atoms with van der Waals surface area (Å²) in [6.07, 6.45) is 1.78. The number of carbonyl (C=O) groups excluding carboxylic acids is 2. The van der Waals surface area contributed by atoms with Crippen molar-refractivity contribution in [2.75, 3.05) is 10.2 Å². The molecule has 5 aromatic carbocycles. The van der Waals surface area contributed by atoms with Crippen LogP contribution in [0.15, 0.2) is 150 Å². The van der Waals surface area contributed by atoms with Gasteiger partial charge in [0, 0.05) is 16.6 Å². The van der Waals surface area contributed by atoms with Crippen molar-refractivity contribution in [2.24, 2.45) is 4.99 Å². The molecule has 1 aromatic heterocycles. The lowest BCUT2D eigenvalue weighted by molar-refractivity contribution is -0.116. The summed E-state index contributed by atoms with van der Waals surface area (Å²) in [7, 11) is 0. The summed E-state index contributed by atoms with van der Waals surface area (Å²) in [5.74, 6) is -1.61. The van der Waals surface area contributed by atoms with Gasteiger partial charge in [0.1, 0.15) is 10.9 Å². The maximum atomic E-state index is 14.1. The third kappa shape index (κ3) is 6.67. The molecule has 2 heterocycles. The summed E-state index contributed by atoms with van der Waals surface area (Å²) >= 11 is 1.20. The predicted octanol–water partition coefficient (Wildman–Crippen LogP) is 8.77. The van der Waals surface area contributed by atoms with Gasteiger partial charge < -0.3 is 10.4 Å². The average Bonchev–Trinajstić information content (AvgIpc) is 3.45. The third-order valence-corrected chi connectivity index (χ3v) is 9.49. The van der Waals surface area contributed by atoms with E-state index in [0.29, 0.717) is 38.7 Å². The van der Waals surface area contributed by atoms with E-state index < -0.39 is 11.2 Å². The number of aliphatic imine (C=N–C) groups is 1. The molecule has 2 amide bonds. The molecule has 0 saturated carbocycles. The molecule has 0 radical (unpaired) electrons. The van der Waals surface area contributed by atoms with Crippen LogP contribution in [-0.2, 0) is 9.59 Å². The Labute approximate surface area is 292 Å². The van der Waals surface area contributed by atoms with Crippen molar-refractivity contribution in [1.29, 1.82) is 0 Å². The van der Waals surface area contributed by atoms with Crippen molar-refractivity contribution < 1.29 is 19.5 Å². The standard InChI is InChI=1S/C41H30N4O4S/c1-26-12-8-9-15-29(26)24-36-39(47)45(31-16-6-3-7-17-31)41(44-36)50-37(28-13-4-2-5-14-28)38(46)42-30-22-20-27(21-23-30)35-25-33(40(48)49)32-18-10-11-19-34(32)43-35/h2-25,37H,1H3,(H,42,46)(H,48,49)/b36-24-. The highest BCUT2D eigenvalue weighted by molar-refractivity contribution is 8.15. The molecule has 1 unspecified atom stereocenters. The number of fused-ring (bicyclic) bond motifs is 1. The largest absolute Gasteiger partial charge is 0.478 e. The molecular formula is C41H30N4O4S. The number of carbonyl (C=O) groups is 3. The van der Waals surface area contributed by atoms with Gasteiger partial charge in [0.25, 0.3) is 5.91 Å². The van der Waals surface area contributed by atoms with E-state index in [4.69, 9.17) is 4.99 Å². The smallest absolute Gasteiger partial charge is 0.336 e. The molecular weight excluding hydrogens is 645 g/mol. The lowest BCUT2D eigenvalue weighted by atomic mass is 10.0. The van der Waals surface area contributed by atoms with Gasteiger partial charge in [-0.1, -0.05) is 115 Å². The van der Waals surface area contributed by atoms with Crippen LogP contribution < -0.4 is 10.2 Å². The maximum Gasteiger partial charge on any atom is 0.336 e. The van der Waals surface area contributed by atoms with Crippen LogP contribution in [0.3, 0.4) is 0 Å². The van der Waals surface area contributed by atoms with Gasteiger partial charge in [-0.15, -0.1) is 0 Å². The number of rotatable bonds is 8.